The van der Waals surface area contributed by atoms with Gasteiger partial charge in [-0.2, -0.15) is 10.2 Å². The number of halogens is 2. The first-order valence-corrected chi connectivity index (χ1v) is 13.3. The van der Waals surface area contributed by atoms with E-state index in [4.69, 9.17) is 0 Å². The number of β-amino-alcohol motifs (C(OH)–C–C–N with tert-alkyl or cyclic N) is 1. The largest absolute Gasteiger partial charge is 0.389 e. The molecule has 0 saturated heterocycles. The van der Waals surface area contributed by atoms with Gasteiger partial charge in [-0.25, -0.2) is 8.78 Å². The van der Waals surface area contributed by atoms with E-state index in [-0.39, 0.29) is 34.5 Å². The Hall–Kier alpha value is -5.49. The summed E-state index contributed by atoms with van der Waals surface area (Å²) < 4.78 is 30.1. The van der Waals surface area contributed by atoms with Crippen molar-refractivity contribution in [3.63, 3.8) is 0 Å². The highest BCUT2D eigenvalue weighted by Crippen LogP contribution is 2.29. The minimum absolute atomic E-state index is 0.00908. The van der Waals surface area contributed by atoms with Crippen LogP contribution in [0.15, 0.2) is 91.3 Å². The summed E-state index contributed by atoms with van der Waals surface area (Å²) in [6.45, 7) is -0.403. The summed E-state index contributed by atoms with van der Waals surface area (Å²) in [5, 5.41) is 25.1. The number of aliphatic hydroxyl groups excluding tert-OH is 1. The third-order valence-electron chi connectivity index (χ3n) is 7.22. The van der Waals surface area contributed by atoms with Crippen molar-refractivity contribution in [1.29, 1.82) is 0 Å². The van der Waals surface area contributed by atoms with Crippen molar-refractivity contribution < 1.29 is 28.3 Å². The van der Waals surface area contributed by atoms with Crippen LogP contribution in [0.5, 0.6) is 0 Å². The molecule has 216 valence electrons. The molecule has 0 fully saturated rings. The molecule has 0 aliphatic carbocycles. The number of rotatable bonds is 9. The molecule has 1 aliphatic rings. The average molecular weight is 583 g/mol. The number of nitrogens with one attached hydrogen (secondary N) is 2. The number of aliphatic hydroxyl groups is 1. The van der Waals surface area contributed by atoms with Gasteiger partial charge in [-0.05, 0) is 66.2 Å². The van der Waals surface area contributed by atoms with Crippen LogP contribution in [0, 0.1) is 11.6 Å². The number of carbonyl (C=O) groups excluding carboxylic acids is 3. The second kappa shape index (κ2) is 11.4. The Morgan fingerprint density at radius 2 is 1.65 bits per heavy atom. The first-order valence-electron chi connectivity index (χ1n) is 13.3. The van der Waals surface area contributed by atoms with Crippen LogP contribution in [0.1, 0.15) is 31.1 Å². The molecule has 1 aliphatic heterocycles. The lowest BCUT2D eigenvalue weighted by molar-refractivity contribution is 0.0455. The normalized spacial score (nSPS) is 14.1. The van der Waals surface area contributed by atoms with E-state index in [9.17, 15) is 23.9 Å². The number of hydrogen-bond donors (Lipinski definition) is 3. The summed E-state index contributed by atoms with van der Waals surface area (Å²) in [4.78, 5) is 40.4. The maximum atomic E-state index is 15.2. The van der Waals surface area contributed by atoms with Crippen LogP contribution in [0.3, 0.4) is 0 Å². The molecule has 6 rings (SSSR count). The van der Waals surface area contributed by atoms with Crippen molar-refractivity contribution >= 4 is 17.7 Å². The molecule has 0 radical (unpaired) electrons. The maximum absolute atomic E-state index is 15.2. The molecule has 3 amide bonds. The summed E-state index contributed by atoms with van der Waals surface area (Å²) in [7, 11) is 0. The molecule has 2 atom stereocenters. The van der Waals surface area contributed by atoms with Crippen molar-refractivity contribution in [2.45, 2.75) is 18.7 Å². The molecule has 3 N–H and O–H groups in total. The van der Waals surface area contributed by atoms with E-state index in [1.165, 1.54) is 65.5 Å². The number of amides is 3. The molecule has 12 heteroatoms. The predicted molar refractivity (Wildman–Crippen MR) is 151 cm³/mol. The van der Waals surface area contributed by atoms with Crippen LogP contribution in [0.4, 0.5) is 8.78 Å². The van der Waals surface area contributed by atoms with Crippen molar-refractivity contribution in [2.24, 2.45) is 0 Å². The van der Waals surface area contributed by atoms with Gasteiger partial charge >= 0.3 is 0 Å². The lowest BCUT2D eigenvalue weighted by Crippen LogP contribution is -2.51. The van der Waals surface area contributed by atoms with Crippen LogP contribution in [-0.2, 0) is 6.54 Å². The van der Waals surface area contributed by atoms with Gasteiger partial charge < -0.3 is 10.4 Å². The van der Waals surface area contributed by atoms with Gasteiger partial charge in [0.05, 0.1) is 58.9 Å². The Bertz CT molecular complexity index is 1790. The third-order valence-corrected chi connectivity index (χ3v) is 7.22. The monoisotopic (exact) mass is 582 g/mol. The number of aromatic nitrogens is 4. The minimum Gasteiger partial charge on any atom is -0.389 e. The molecule has 0 saturated carbocycles. The van der Waals surface area contributed by atoms with E-state index in [0.717, 1.165) is 4.90 Å². The fourth-order valence-electron chi connectivity index (χ4n) is 5.04. The Morgan fingerprint density at radius 1 is 0.930 bits per heavy atom. The number of H-pyrrole nitrogens is 1. The van der Waals surface area contributed by atoms with E-state index < -0.39 is 48.0 Å². The van der Waals surface area contributed by atoms with Gasteiger partial charge in [0.15, 0.2) is 0 Å². The quantitative estimate of drug-likeness (QED) is 0.227. The SMILES string of the molecule is O=C(NC(Cn1cccn1)C(O)CN1C(=O)c2ccccc2C1=O)c1cccc(F)c1-c1cc(-c2ccc(F)cc2)[nH]n1. The van der Waals surface area contributed by atoms with E-state index >= 15 is 4.39 Å². The molecule has 2 unspecified atom stereocenters. The Kier molecular flexibility index (Phi) is 7.34. The lowest BCUT2D eigenvalue weighted by atomic mass is 10.0. The number of hydrogen-bond acceptors (Lipinski definition) is 6. The molecule has 3 aromatic carbocycles. The highest BCUT2D eigenvalue weighted by molar-refractivity contribution is 6.21. The summed E-state index contributed by atoms with van der Waals surface area (Å²) in [6.07, 6.45) is 1.75. The molecule has 43 heavy (non-hydrogen) atoms. The summed E-state index contributed by atoms with van der Waals surface area (Å²) in [5.74, 6) is -2.94. The Morgan fingerprint density at radius 3 is 2.33 bits per heavy atom. The fraction of sp³-hybridized carbons (Fsp3) is 0.129. The minimum atomic E-state index is -1.40. The number of benzene rings is 3. The zero-order chi connectivity index (χ0) is 30.1. The third kappa shape index (κ3) is 5.43. The predicted octanol–water partition coefficient (Wildman–Crippen LogP) is 3.67. The van der Waals surface area contributed by atoms with Gasteiger partial charge in [0.1, 0.15) is 11.6 Å². The van der Waals surface area contributed by atoms with Gasteiger partial charge in [0.25, 0.3) is 17.7 Å². The second-order valence-corrected chi connectivity index (χ2v) is 9.98. The van der Waals surface area contributed by atoms with Crippen LogP contribution in [0.2, 0.25) is 0 Å². The molecular weight excluding hydrogens is 558 g/mol. The highest BCUT2D eigenvalue weighted by atomic mass is 19.1. The topological polar surface area (TPSA) is 133 Å². The summed E-state index contributed by atoms with van der Waals surface area (Å²) >= 11 is 0. The molecule has 10 nitrogen and oxygen atoms in total. The van der Waals surface area contributed by atoms with E-state index in [1.807, 2.05) is 0 Å². The van der Waals surface area contributed by atoms with Gasteiger partial charge in [0, 0.05) is 12.4 Å². The van der Waals surface area contributed by atoms with Crippen LogP contribution in [0.25, 0.3) is 22.5 Å². The first-order chi connectivity index (χ1) is 20.8. The molecule has 3 heterocycles. The summed E-state index contributed by atoms with van der Waals surface area (Å²) in [6, 6.07) is 18.1. The van der Waals surface area contributed by atoms with Crippen LogP contribution >= 0.6 is 0 Å². The number of imide groups is 1. The van der Waals surface area contributed by atoms with Crippen molar-refractivity contribution in [2.75, 3.05) is 6.54 Å². The molecule has 0 bridgehead atoms. The molecule has 2 aromatic heterocycles. The number of fused-ring (bicyclic) bond motifs is 1. The second-order valence-electron chi connectivity index (χ2n) is 9.98. The Balaban J connectivity index is 1.27. The van der Waals surface area contributed by atoms with Gasteiger partial charge in [-0.1, -0.05) is 18.2 Å². The molecular formula is C31H24F2N6O4. The van der Waals surface area contributed by atoms with E-state index in [1.54, 1.807) is 30.5 Å². The molecule has 0 spiro atoms. The van der Waals surface area contributed by atoms with E-state index in [0.29, 0.717) is 11.3 Å². The zero-order valence-electron chi connectivity index (χ0n) is 22.4. The van der Waals surface area contributed by atoms with Crippen LogP contribution in [-0.4, -0.2) is 66.4 Å². The standard InChI is InChI=1S/C31H24F2N6O4/c32-19-11-9-18(10-12-19)24-15-25(37-36-24)28-22(7-3-8-23(28)33)29(41)35-26(16-38-14-4-13-34-38)27(40)17-39-30(42)20-5-1-2-6-21(20)31(39)43/h1-15,26-27,40H,16-17H2,(H,35,41)(H,36,37). The molecule has 5 aromatic rings. The van der Waals surface area contributed by atoms with Crippen LogP contribution < -0.4 is 5.32 Å². The fourth-order valence-corrected chi connectivity index (χ4v) is 5.04. The van der Waals surface area contributed by atoms with Crippen molar-refractivity contribution in [1.82, 2.24) is 30.2 Å². The smallest absolute Gasteiger partial charge is 0.261 e. The summed E-state index contributed by atoms with van der Waals surface area (Å²) in [5.41, 5.74) is 1.55. The van der Waals surface area contributed by atoms with Crippen molar-refractivity contribution in [3.05, 3.63) is 120 Å². The number of nitrogens with zero attached hydrogens (tertiary/aromatic N) is 4. The lowest BCUT2D eigenvalue weighted by Gasteiger charge is -2.27. The maximum Gasteiger partial charge on any atom is 0.261 e. The highest BCUT2D eigenvalue weighted by Gasteiger charge is 2.38. The van der Waals surface area contributed by atoms with Gasteiger partial charge in [0.2, 0.25) is 0 Å². The first kappa shape index (κ1) is 27.7. The zero-order valence-corrected chi connectivity index (χ0v) is 22.4. The van der Waals surface area contributed by atoms with Gasteiger partial charge in [-0.3, -0.25) is 29.1 Å². The average Bonchev–Trinajstić information content (AvgIpc) is 3.76. The number of aromatic amines is 1. The van der Waals surface area contributed by atoms with Gasteiger partial charge in [-0.15, -0.1) is 0 Å². The Labute approximate surface area is 243 Å². The van der Waals surface area contributed by atoms with E-state index in [2.05, 4.69) is 20.6 Å². The van der Waals surface area contributed by atoms with Crippen molar-refractivity contribution in [3.8, 4) is 22.5 Å². The number of carbonyl (C=O) groups is 3.